The first kappa shape index (κ1) is 39.4. The van der Waals surface area contributed by atoms with Crippen LogP contribution in [0.4, 0.5) is 0 Å². The standard InChI is InChI=1S/C64H40N4S/c1-5-19-41(20-6-1)61-65-62(42-21-7-2-8-22-42)67-63(66-61)50-30-18-34-58-59(50)52-40-44(36-38-57(52)69-58)43-35-37-55-51(39-43)48-28-14-16-32-54(48)68(55)56-33-17-29-49-47-27-13-15-31-53(47)64(60(49)56,45-23-9-3-10-24-45)46-25-11-4-12-26-46/h1-40H. The summed E-state index contributed by atoms with van der Waals surface area (Å²) in [5, 5.41) is 4.77. The number of thiophene rings is 1. The van der Waals surface area contributed by atoms with Gasteiger partial charge in [-0.1, -0.05) is 200 Å². The summed E-state index contributed by atoms with van der Waals surface area (Å²) in [5.74, 6) is 1.96. The number of nitrogens with zero attached hydrogens (tertiary/aromatic N) is 4. The van der Waals surface area contributed by atoms with Gasteiger partial charge in [0.15, 0.2) is 17.5 Å². The van der Waals surface area contributed by atoms with Crippen molar-refractivity contribution in [1.29, 1.82) is 0 Å². The van der Waals surface area contributed by atoms with Crippen molar-refractivity contribution in [2.75, 3.05) is 0 Å². The minimum absolute atomic E-state index is 0.548. The Hall–Kier alpha value is -8.77. The van der Waals surface area contributed by atoms with Crippen molar-refractivity contribution in [3.8, 4) is 62.1 Å². The molecule has 0 N–H and O–H groups in total. The van der Waals surface area contributed by atoms with Crippen LogP contribution in [0.2, 0.25) is 0 Å². The average molecular weight is 897 g/mol. The van der Waals surface area contributed by atoms with Crippen LogP contribution in [0, 0.1) is 0 Å². The molecule has 1 aliphatic carbocycles. The topological polar surface area (TPSA) is 43.6 Å². The van der Waals surface area contributed by atoms with Gasteiger partial charge >= 0.3 is 0 Å². The molecule has 69 heavy (non-hydrogen) atoms. The summed E-state index contributed by atoms with van der Waals surface area (Å²) in [6, 6.07) is 87.8. The first-order valence-corrected chi connectivity index (χ1v) is 24.2. The smallest absolute Gasteiger partial charge is 0.164 e. The Morgan fingerprint density at radius 1 is 0.348 bits per heavy atom. The molecule has 0 saturated heterocycles. The van der Waals surface area contributed by atoms with Gasteiger partial charge in [0.25, 0.3) is 0 Å². The number of hydrogen-bond acceptors (Lipinski definition) is 4. The summed E-state index contributed by atoms with van der Waals surface area (Å²) in [6.07, 6.45) is 0. The molecule has 0 atom stereocenters. The normalized spacial score (nSPS) is 12.8. The second-order valence-corrected chi connectivity index (χ2v) is 18.9. The van der Waals surface area contributed by atoms with Gasteiger partial charge in [-0.05, 0) is 81.4 Å². The van der Waals surface area contributed by atoms with Gasteiger partial charge in [-0.3, -0.25) is 0 Å². The molecule has 5 heteroatoms. The quantitative estimate of drug-likeness (QED) is 0.160. The molecule has 4 nitrogen and oxygen atoms in total. The number of hydrogen-bond donors (Lipinski definition) is 0. The molecule has 3 heterocycles. The Balaban J connectivity index is 0.961. The second kappa shape index (κ2) is 15.7. The summed E-state index contributed by atoms with van der Waals surface area (Å²) in [5.41, 5.74) is 15.8. The highest BCUT2D eigenvalue weighted by Gasteiger charge is 2.48. The number of aromatic nitrogens is 4. The number of para-hydroxylation sites is 1. The van der Waals surface area contributed by atoms with Crippen LogP contribution in [0.25, 0.3) is 104 Å². The Morgan fingerprint density at radius 2 is 0.884 bits per heavy atom. The van der Waals surface area contributed by atoms with E-state index in [0.717, 1.165) is 33.2 Å². The SMILES string of the molecule is c1ccc(-c2nc(-c3ccccc3)nc(-c3cccc4sc5ccc(-c6ccc7c(c6)c6ccccc6n7-c6cccc7c6C(c6ccccc6)(c6ccccc6)c6ccccc6-7)cc5c34)n2)cc1. The van der Waals surface area contributed by atoms with Crippen LogP contribution in [0.1, 0.15) is 22.3 Å². The van der Waals surface area contributed by atoms with Crippen LogP contribution in [0.3, 0.4) is 0 Å². The monoisotopic (exact) mass is 896 g/mol. The van der Waals surface area contributed by atoms with E-state index in [2.05, 4.69) is 211 Å². The van der Waals surface area contributed by atoms with E-state index >= 15 is 0 Å². The molecule has 0 amide bonds. The molecule has 0 bridgehead atoms. The van der Waals surface area contributed by atoms with Crippen molar-refractivity contribution in [3.05, 3.63) is 265 Å². The van der Waals surface area contributed by atoms with Gasteiger partial charge in [0.1, 0.15) is 0 Å². The minimum Gasteiger partial charge on any atom is -0.309 e. The third-order valence-corrected chi connectivity index (χ3v) is 15.3. The molecular weight excluding hydrogens is 857 g/mol. The Kier molecular flexibility index (Phi) is 8.95. The molecule has 13 aromatic rings. The highest BCUT2D eigenvalue weighted by atomic mass is 32.1. The van der Waals surface area contributed by atoms with Crippen molar-refractivity contribution in [1.82, 2.24) is 19.5 Å². The van der Waals surface area contributed by atoms with E-state index in [4.69, 9.17) is 15.0 Å². The van der Waals surface area contributed by atoms with Crippen LogP contribution in [-0.2, 0) is 5.41 Å². The predicted molar refractivity (Wildman–Crippen MR) is 286 cm³/mol. The van der Waals surface area contributed by atoms with Crippen molar-refractivity contribution in [2.45, 2.75) is 5.41 Å². The van der Waals surface area contributed by atoms with E-state index in [1.165, 1.54) is 75.7 Å². The first-order valence-electron chi connectivity index (χ1n) is 23.4. The molecule has 3 aromatic heterocycles. The zero-order valence-corrected chi connectivity index (χ0v) is 38.1. The van der Waals surface area contributed by atoms with E-state index in [1.54, 1.807) is 0 Å². The molecule has 0 unspecified atom stereocenters. The van der Waals surface area contributed by atoms with Crippen LogP contribution in [0.5, 0.6) is 0 Å². The summed E-state index contributed by atoms with van der Waals surface area (Å²) in [6.45, 7) is 0. The first-order chi connectivity index (χ1) is 34.2. The lowest BCUT2D eigenvalue weighted by Crippen LogP contribution is -2.29. The lowest BCUT2D eigenvalue weighted by Gasteiger charge is -2.35. The average Bonchev–Trinajstić information content (AvgIpc) is 4.08. The predicted octanol–water partition coefficient (Wildman–Crippen LogP) is 16.4. The van der Waals surface area contributed by atoms with Gasteiger partial charge in [-0.15, -0.1) is 11.3 Å². The summed E-state index contributed by atoms with van der Waals surface area (Å²) < 4.78 is 4.93. The molecule has 0 radical (unpaired) electrons. The van der Waals surface area contributed by atoms with Crippen molar-refractivity contribution in [3.63, 3.8) is 0 Å². The maximum absolute atomic E-state index is 5.16. The van der Waals surface area contributed by atoms with Gasteiger partial charge in [-0.25, -0.2) is 15.0 Å². The van der Waals surface area contributed by atoms with Gasteiger partial charge in [0, 0.05) is 53.2 Å². The highest BCUT2D eigenvalue weighted by Crippen LogP contribution is 2.58. The fourth-order valence-corrected chi connectivity index (χ4v) is 12.3. The summed E-state index contributed by atoms with van der Waals surface area (Å²) >= 11 is 1.81. The van der Waals surface area contributed by atoms with E-state index in [1.807, 2.05) is 47.7 Å². The highest BCUT2D eigenvalue weighted by molar-refractivity contribution is 7.26. The lowest BCUT2D eigenvalue weighted by molar-refractivity contribution is 0.762. The van der Waals surface area contributed by atoms with E-state index in [0.29, 0.717) is 17.5 Å². The Bertz CT molecular complexity index is 4020. The molecule has 322 valence electrons. The molecule has 0 saturated carbocycles. The molecule has 14 rings (SSSR count). The summed E-state index contributed by atoms with van der Waals surface area (Å²) in [4.78, 5) is 15.3. The van der Waals surface area contributed by atoms with E-state index in [-0.39, 0.29) is 0 Å². The second-order valence-electron chi connectivity index (χ2n) is 17.8. The van der Waals surface area contributed by atoms with Crippen LogP contribution in [-0.4, -0.2) is 19.5 Å². The zero-order valence-electron chi connectivity index (χ0n) is 37.3. The number of rotatable bonds is 7. The Morgan fingerprint density at radius 3 is 1.59 bits per heavy atom. The largest absolute Gasteiger partial charge is 0.309 e. The van der Waals surface area contributed by atoms with Gasteiger partial charge in [0.2, 0.25) is 0 Å². The van der Waals surface area contributed by atoms with E-state index < -0.39 is 5.41 Å². The van der Waals surface area contributed by atoms with Crippen molar-refractivity contribution in [2.24, 2.45) is 0 Å². The third kappa shape index (κ3) is 6.04. The number of fused-ring (bicyclic) bond motifs is 9. The van der Waals surface area contributed by atoms with E-state index in [9.17, 15) is 0 Å². The fraction of sp³-hybridized carbons (Fsp3) is 0.0156. The maximum Gasteiger partial charge on any atom is 0.164 e. The van der Waals surface area contributed by atoms with Crippen LogP contribution in [0.15, 0.2) is 243 Å². The fourth-order valence-electron chi connectivity index (χ4n) is 11.2. The van der Waals surface area contributed by atoms with Crippen LogP contribution < -0.4 is 0 Å². The van der Waals surface area contributed by atoms with Crippen molar-refractivity contribution < 1.29 is 0 Å². The minimum atomic E-state index is -0.548. The van der Waals surface area contributed by atoms with Gasteiger partial charge in [-0.2, -0.15) is 0 Å². The molecule has 0 aliphatic heterocycles. The molecule has 1 aliphatic rings. The van der Waals surface area contributed by atoms with Crippen LogP contribution >= 0.6 is 11.3 Å². The molecule has 10 aromatic carbocycles. The Labute approximate surface area is 403 Å². The molecule has 0 spiro atoms. The third-order valence-electron chi connectivity index (χ3n) is 14.1. The zero-order chi connectivity index (χ0) is 45.5. The van der Waals surface area contributed by atoms with Crippen molar-refractivity contribution >= 4 is 53.3 Å². The molecule has 0 fully saturated rings. The van der Waals surface area contributed by atoms with Gasteiger partial charge < -0.3 is 4.57 Å². The molecular formula is C64H40N4S. The lowest BCUT2D eigenvalue weighted by atomic mass is 9.67. The summed E-state index contributed by atoms with van der Waals surface area (Å²) in [7, 11) is 0. The maximum atomic E-state index is 5.16. The van der Waals surface area contributed by atoms with Gasteiger partial charge in [0.05, 0.1) is 22.1 Å². The number of benzene rings is 10.